The molecule has 0 bridgehead atoms. The number of hydrogen-bond donors (Lipinski definition) is 2. The second-order valence-electron chi connectivity index (χ2n) is 8.08. The van der Waals surface area contributed by atoms with Crippen molar-refractivity contribution in [2.75, 3.05) is 0 Å². The van der Waals surface area contributed by atoms with E-state index in [-0.39, 0.29) is 16.9 Å². The summed E-state index contributed by atoms with van der Waals surface area (Å²) in [6.07, 6.45) is -1.60. The van der Waals surface area contributed by atoms with Crippen LogP contribution in [0.5, 0.6) is 0 Å². The minimum Gasteiger partial charge on any atom is -0.450 e. The van der Waals surface area contributed by atoms with E-state index in [1.54, 1.807) is 39.8 Å². The van der Waals surface area contributed by atoms with Gasteiger partial charge >= 0.3 is 5.97 Å². The largest absolute Gasteiger partial charge is 0.450 e. The number of hydrogen-bond acceptors (Lipinski definition) is 4. The van der Waals surface area contributed by atoms with E-state index in [0.29, 0.717) is 22.4 Å². The summed E-state index contributed by atoms with van der Waals surface area (Å²) in [6, 6.07) is 7.38. The Morgan fingerprint density at radius 3 is 2.07 bits per heavy atom. The van der Waals surface area contributed by atoms with E-state index < -0.39 is 18.2 Å². The van der Waals surface area contributed by atoms with Crippen LogP contribution in [0, 0.1) is 13.8 Å². The summed E-state index contributed by atoms with van der Waals surface area (Å²) < 4.78 is 5.38. The molecule has 1 aromatic carbocycles. The Balaban J connectivity index is 2.15. The van der Waals surface area contributed by atoms with Crippen molar-refractivity contribution in [2.24, 2.45) is 0 Å². The number of carbonyl (C=O) groups excluding carboxylic acids is 2. The highest BCUT2D eigenvalue weighted by Crippen LogP contribution is 2.26. The number of H-pyrrole nitrogens is 1. The lowest BCUT2D eigenvalue weighted by Gasteiger charge is -2.19. The molecule has 0 saturated heterocycles. The van der Waals surface area contributed by atoms with Gasteiger partial charge in [0.25, 0.3) is 0 Å². The molecule has 0 saturated carbocycles. The van der Waals surface area contributed by atoms with E-state index in [9.17, 15) is 14.7 Å². The maximum absolute atomic E-state index is 12.6. The zero-order chi connectivity index (χ0) is 20.5. The van der Waals surface area contributed by atoms with Crippen molar-refractivity contribution in [3.63, 3.8) is 0 Å². The van der Waals surface area contributed by atoms with E-state index >= 15 is 0 Å². The lowest BCUT2D eigenvalue weighted by Crippen LogP contribution is -2.25. The molecule has 146 valence electrons. The molecule has 0 spiro atoms. The molecule has 5 heteroatoms. The summed E-state index contributed by atoms with van der Waals surface area (Å²) >= 11 is 0. The summed E-state index contributed by atoms with van der Waals surface area (Å²) in [5.41, 5.74) is 3.95. The van der Waals surface area contributed by atoms with Crippen molar-refractivity contribution in [1.82, 2.24) is 4.98 Å². The molecular formula is C22H29NO4. The number of aliphatic hydroxyl groups excluding tert-OH is 1. The first kappa shape index (κ1) is 20.9. The predicted molar refractivity (Wildman–Crippen MR) is 105 cm³/mol. The van der Waals surface area contributed by atoms with E-state index in [1.807, 2.05) is 12.1 Å². The Morgan fingerprint density at radius 1 is 1.07 bits per heavy atom. The van der Waals surface area contributed by atoms with Gasteiger partial charge in [-0.25, -0.2) is 4.79 Å². The molecule has 2 atom stereocenters. The number of rotatable bonds is 5. The zero-order valence-electron chi connectivity index (χ0n) is 17.1. The molecule has 0 unspecified atom stereocenters. The summed E-state index contributed by atoms with van der Waals surface area (Å²) in [6.45, 7) is 13.1. The molecule has 5 nitrogen and oxygen atoms in total. The fourth-order valence-corrected chi connectivity index (χ4v) is 3.24. The Bertz CT molecular complexity index is 838. The highest BCUT2D eigenvalue weighted by molar-refractivity contribution is 6.01. The first-order valence-electron chi connectivity index (χ1n) is 9.16. The van der Waals surface area contributed by atoms with Crippen molar-refractivity contribution >= 4 is 11.8 Å². The van der Waals surface area contributed by atoms with Crippen molar-refractivity contribution in [3.05, 3.63) is 57.9 Å². The first-order chi connectivity index (χ1) is 12.4. The fraction of sp³-hybridized carbons (Fsp3) is 0.455. The van der Waals surface area contributed by atoms with E-state index in [1.165, 1.54) is 0 Å². The second-order valence-corrected chi connectivity index (χ2v) is 8.08. The number of Topliss-reactive ketones (excluding diaryl/α,β-unsaturated/α-hetero) is 1. The van der Waals surface area contributed by atoms with Crippen LogP contribution in [0.3, 0.4) is 0 Å². The highest BCUT2D eigenvalue weighted by Gasteiger charge is 2.25. The Kier molecular flexibility index (Phi) is 5.95. The molecule has 27 heavy (non-hydrogen) atoms. The van der Waals surface area contributed by atoms with Crippen LogP contribution in [-0.4, -0.2) is 27.9 Å². The predicted octanol–water partition coefficient (Wildman–Crippen LogP) is 4.41. The van der Waals surface area contributed by atoms with Crippen molar-refractivity contribution < 1.29 is 19.4 Å². The smallest absolute Gasteiger partial charge is 0.355 e. The van der Waals surface area contributed by atoms with Gasteiger partial charge in [-0.3, -0.25) is 4.79 Å². The molecule has 0 amide bonds. The van der Waals surface area contributed by atoms with Gasteiger partial charge in [0.2, 0.25) is 5.78 Å². The normalized spacial score (nSPS) is 13.9. The molecule has 1 heterocycles. The van der Waals surface area contributed by atoms with Gasteiger partial charge in [-0.15, -0.1) is 0 Å². The Hall–Kier alpha value is -2.40. The third kappa shape index (κ3) is 4.48. The molecule has 0 aliphatic heterocycles. The van der Waals surface area contributed by atoms with Crippen LogP contribution in [-0.2, 0) is 10.2 Å². The van der Waals surface area contributed by atoms with Crippen LogP contribution in [0.4, 0.5) is 0 Å². The van der Waals surface area contributed by atoms with Crippen LogP contribution < -0.4 is 0 Å². The Labute approximate surface area is 160 Å². The van der Waals surface area contributed by atoms with Gasteiger partial charge in [0.1, 0.15) is 5.69 Å². The van der Waals surface area contributed by atoms with Gasteiger partial charge in [-0.05, 0) is 44.2 Å². The summed E-state index contributed by atoms with van der Waals surface area (Å²) in [5, 5.41) is 9.85. The fourth-order valence-electron chi connectivity index (χ4n) is 3.24. The summed E-state index contributed by atoms with van der Waals surface area (Å²) in [4.78, 5) is 28.1. The number of aromatic amines is 1. The topological polar surface area (TPSA) is 79.4 Å². The molecule has 0 aliphatic rings. The van der Waals surface area contributed by atoms with Gasteiger partial charge in [0, 0.05) is 16.8 Å². The SMILES string of the molecule is Cc1[nH]c(C(=O)O[C@@H](C)C(=O)c2ccc(C(C)(C)C)cc2)c(C)c1[C@H](C)O. The average molecular weight is 371 g/mol. The molecule has 1 aromatic heterocycles. The quantitative estimate of drug-likeness (QED) is 0.603. The monoisotopic (exact) mass is 371 g/mol. The first-order valence-corrected chi connectivity index (χ1v) is 9.16. The maximum Gasteiger partial charge on any atom is 0.355 e. The second kappa shape index (κ2) is 7.69. The lowest BCUT2D eigenvalue weighted by molar-refractivity contribution is 0.0313. The van der Waals surface area contributed by atoms with Crippen LogP contribution >= 0.6 is 0 Å². The van der Waals surface area contributed by atoms with Crippen molar-refractivity contribution in [3.8, 4) is 0 Å². The van der Waals surface area contributed by atoms with Crippen LogP contribution in [0.15, 0.2) is 24.3 Å². The van der Waals surface area contributed by atoms with Gasteiger partial charge < -0.3 is 14.8 Å². The number of aliphatic hydroxyl groups is 1. The standard InChI is InChI=1S/C22H29NO4/c1-12-18(14(3)24)13(2)23-19(12)21(26)27-15(4)20(25)16-8-10-17(11-9-16)22(5,6)7/h8-11,14-15,23-24H,1-7H3/t14-,15-/m0/s1. The zero-order valence-corrected chi connectivity index (χ0v) is 17.1. The molecule has 2 N–H and O–H groups in total. The average Bonchev–Trinajstić information content (AvgIpc) is 2.88. The van der Waals surface area contributed by atoms with Crippen LogP contribution in [0.2, 0.25) is 0 Å². The number of benzene rings is 1. The van der Waals surface area contributed by atoms with Gasteiger partial charge in [0.05, 0.1) is 6.10 Å². The molecule has 0 fully saturated rings. The third-order valence-electron chi connectivity index (χ3n) is 4.81. The van der Waals surface area contributed by atoms with Gasteiger partial charge in [-0.2, -0.15) is 0 Å². The summed E-state index contributed by atoms with van der Waals surface area (Å²) in [5.74, 6) is -0.852. The van der Waals surface area contributed by atoms with E-state index in [2.05, 4.69) is 25.8 Å². The number of ether oxygens (including phenoxy) is 1. The van der Waals surface area contributed by atoms with Crippen LogP contribution in [0.1, 0.15) is 84.0 Å². The van der Waals surface area contributed by atoms with Gasteiger partial charge in [-0.1, -0.05) is 45.0 Å². The van der Waals surface area contributed by atoms with Crippen molar-refractivity contribution in [2.45, 2.75) is 66.1 Å². The highest BCUT2D eigenvalue weighted by atomic mass is 16.5. The van der Waals surface area contributed by atoms with Gasteiger partial charge in [0.15, 0.2) is 6.10 Å². The number of ketones is 1. The van der Waals surface area contributed by atoms with E-state index in [0.717, 1.165) is 5.56 Å². The third-order valence-corrected chi connectivity index (χ3v) is 4.81. The molecule has 0 aliphatic carbocycles. The van der Waals surface area contributed by atoms with E-state index in [4.69, 9.17) is 4.74 Å². The molecular weight excluding hydrogens is 342 g/mol. The number of esters is 1. The lowest BCUT2D eigenvalue weighted by atomic mass is 9.86. The molecule has 2 aromatic rings. The van der Waals surface area contributed by atoms with Crippen LogP contribution in [0.25, 0.3) is 0 Å². The number of nitrogens with one attached hydrogen (secondary N) is 1. The Morgan fingerprint density at radius 2 is 1.63 bits per heavy atom. The summed E-state index contributed by atoms with van der Waals surface area (Å²) in [7, 11) is 0. The number of carbonyl (C=O) groups is 2. The number of aryl methyl sites for hydroxylation is 1. The maximum atomic E-state index is 12.6. The molecule has 2 rings (SSSR count). The minimum absolute atomic E-state index is 0.00418. The van der Waals surface area contributed by atoms with Crippen molar-refractivity contribution in [1.29, 1.82) is 0 Å². The number of aromatic nitrogens is 1. The minimum atomic E-state index is -0.906. The molecule has 0 radical (unpaired) electrons.